The molecule has 3 atom stereocenters. The second-order valence-corrected chi connectivity index (χ2v) is 4.46. The van der Waals surface area contributed by atoms with E-state index in [1.54, 1.807) is 0 Å². The lowest BCUT2D eigenvalue weighted by atomic mass is 9.85. The summed E-state index contributed by atoms with van der Waals surface area (Å²) in [5.41, 5.74) is 0. The molecule has 2 heterocycles. The minimum Gasteiger partial charge on any atom is -0.315 e. The maximum atomic E-state index is 3.62. The van der Waals surface area contributed by atoms with E-state index in [1.165, 1.54) is 38.9 Å². The van der Waals surface area contributed by atoms with E-state index >= 15 is 0 Å². The van der Waals surface area contributed by atoms with Crippen LogP contribution in [-0.4, -0.2) is 25.7 Å². The van der Waals surface area contributed by atoms with Crippen LogP contribution in [0.3, 0.4) is 0 Å². The number of piperidine rings is 1. The Labute approximate surface area is 75.1 Å². The molecule has 2 aliphatic rings. The lowest BCUT2D eigenvalue weighted by Gasteiger charge is -2.31. The second kappa shape index (κ2) is 3.75. The molecule has 0 aliphatic carbocycles. The predicted octanol–water partition coefficient (Wildman–Crippen LogP) is 0.984. The van der Waals surface area contributed by atoms with E-state index in [0.717, 1.165) is 17.9 Å². The number of hydrogen-bond donors (Lipinski definition) is 2. The van der Waals surface area contributed by atoms with Gasteiger partial charge >= 0.3 is 0 Å². The topological polar surface area (TPSA) is 24.1 Å². The van der Waals surface area contributed by atoms with Gasteiger partial charge in [-0.1, -0.05) is 6.92 Å². The summed E-state index contributed by atoms with van der Waals surface area (Å²) < 4.78 is 0. The zero-order chi connectivity index (χ0) is 8.39. The van der Waals surface area contributed by atoms with Gasteiger partial charge < -0.3 is 10.6 Å². The first-order valence-electron chi connectivity index (χ1n) is 5.30. The number of nitrogens with one attached hydrogen (secondary N) is 2. The van der Waals surface area contributed by atoms with Gasteiger partial charge in [0.15, 0.2) is 0 Å². The minimum atomic E-state index is 0.767. The summed E-state index contributed by atoms with van der Waals surface area (Å²) in [6.45, 7) is 6.00. The highest BCUT2D eigenvalue weighted by molar-refractivity contribution is 4.86. The van der Waals surface area contributed by atoms with Crippen LogP contribution in [0.1, 0.15) is 26.2 Å². The lowest BCUT2D eigenvalue weighted by Crippen LogP contribution is -2.45. The fraction of sp³-hybridized carbons (Fsp3) is 1.00. The van der Waals surface area contributed by atoms with Crippen LogP contribution in [0.2, 0.25) is 0 Å². The second-order valence-electron chi connectivity index (χ2n) is 4.46. The molecular formula is C10H20N2. The number of rotatable bonds is 0. The highest BCUT2D eigenvalue weighted by atomic mass is 15.0. The summed E-state index contributed by atoms with van der Waals surface area (Å²) in [6.07, 6.45) is 4.25. The zero-order valence-electron chi connectivity index (χ0n) is 7.97. The fourth-order valence-corrected chi connectivity index (χ4v) is 2.63. The normalized spacial score (nSPS) is 43.2. The molecule has 2 rings (SSSR count). The van der Waals surface area contributed by atoms with Crippen molar-refractivity contribution in [3.8, 4) is 0 Å². The quantitative estimate of drug-likeness (QED) is 0.563. The van der Waals surface area contributed by atoms with Gasteiger partial charge in [0.1, 0.15) is 0 Å². The number of fused-ring (bicyclic) bond motifs is 1. The van der Waals surface area contributed by atoms with Crippen molar-refractivity contribution in [1.82, 2.24) is 10.6 Å². The van der Waals surface area contributed by atoms with Gasteiger partial charge in [-0.05, 0) is 44.2 Å². The fourth-order valence-electron chi connectivity index (χ4n) is 2.63. The lowest BCUT2D eigenvalue weighted by molar-refractivity contribution is 0.262. The van der Waals surface area contributed by atoms with Crippen molar-refractivity contribution in [2.45, 2.75) is 32.2 Å². The van der Waals surface area contributed by atoms with Crippen molar-refractivity contribution in [2.75, 3.05) is 19.6 Å². The molecule has 0 amide bonds. The van der Waals surface area contributed by atoms with Gasteiger partial charge in [0.05, 0.1) is 0 Å². The molecule has 2 saturated heterocycles. The van der Waals surface area contributed by atoms with Crippen LogP contribution in [-0.2, 0) is 0 Å². The summed E-state index contributed by atoms with van der Waals surface area (Å²) in [4.78, 5) is 0. The molecule has 0 bridgehead atoms. The van der Waals surface area contributed by atoms with Gasteiger partial charge in [0, 0.05) is 12.6 Å². The van der Waals surface area contributed by atoms with Crippen molar-refractivity contribution >= 4 is 0 Å². The van der Waals surface area contributed by atoms with E-state index in [1.807, 2.05) is 0 Å². The van der Waals surface area contributed by atoms with E-state index in [9.17, 15) is 0 Å². The predicted molar refractivity (Wildman–Crippen MR) is 51.2 cm³/mol. The maximum Gasteiger partial charge on any atom is 0.0220 e. The van der Waals surface area contributed by atoms with Gasteiger partial charge in [-0.25, -0.2) is 0 Å². The summed E-state index contributed by atoms with van der Waals surface area (Å²) >= 11 is 0. The highest BCUT2D eigenvalue weighted by Crippen LogP contribution is 2.25. The van der Waals surface area contributed by atoms with Crippen LogP contribution in [0.25, 0.3) is 0 Å². The zero-order valence-corrected chi connectivity index (χ0v) is 7.97. The Morgan fingerprint density at radius 2 is 2.17 bits per heavy atom. The third kappa shape index (κ3) is 1.80. The molecule has 0 radical (unpaired) electrons. The third-order valence-electron chi connectivity index (χ3n) is 3.29. The van der Waals surface area contributed by atoms with E-state index < -0.39 is 0 Å². The maximum absolute atomic E-state index is 3.62. The van der Waals surface area contributed by atoms with Gasteiger partial charge in [0.25, 0.3) is 0 Å². The van der Waals surface area contributed by atoms with Crippen molar-refractivity contribution < 1.29 is 0 Å². The molecule has 0 aromatic heterocycles. The summed E-state index contributed by atoms with van der Waals surface area (Å²) in [5, 5.41) is 7.15. The average Bonchev–Trinajstić information content (AvgIpc) is 2.25. The van der Waals surface area contributed by atoms with E-state index in [2.05, 4.69) is 17.6 Å². The summed E-state index contributed by atoms with van der Waals surface area (Å²) in [6, 6.07) is 0.767. The SMILES string of the molecule is CC1CNCC2NCCCC2C1. The largest absolute Gasteiger partial charge is 0.315 e. The summed E-state index contributed by atoms with van der Waals surface area (Å²) in [7, 11) is 0. The molecule has 0 spiro atoms. The molecule has 12 heavy (non-hydrogen) atoms. The Morgan fingerprint density at radius 1 is 1.25 bits per heavy atom. The minimum absolute atomic E-state index is 0.767. The third-order valence-corrected chi connectivity index (χ3v) is 3.29. The molecule has 2 aliphatic heterocycles. The Morgan fingerprint density at radius 3 is 3.08 bits per heavy atom. The van der Waals surface area contributed by atoms with Crippen molar-refractivity contribution in [3.05, 3.63) is 0 Å². The molecule has 2 N–H and O–H groups in total. The average molecular weight is 168 g/mol. The Hall–Kier alpha value is -0.0800. The smallest absolute Gasteiger partial charge is 0.0220 e. The van der Waals surface area contributed by atoms with Crippen molar-refractivity contribution in [1.29, 1.82) is 0 Å². The van der Waals surface area contributed by atoms with Crippen molar-refractivity contribution in [3.63, 3.8) is 0 Å². The molecular weight excluding hydrogens is 148 g/mol. The van der Waals surface area contributed by atoms with Gasteiger partial charge in [-0.15, -0.1) is 0 Å². The Balaban J connectivity index is 1.96. The number of hydrogen-bond acceptors (Lipinski definition) is 2. The van der Waals surface area contributed by atoms with Crippen LogP contribution in [0.5, 0.6) is 0 Å². The molecule has 2 nitrogen and oxygen atoms in total. The molecule has 0 aromatic rings. The first-order chi connectivity index (χ1) is 5.86. The van der Waals surface area contributed by atoms with Crippen LogP contribution >= 0.6 is 0 Å². The highest BCUT2D eigenvalue weighted by Gasteiger charge is 2.27. The Kier molecular flexibility index (Phi) is 2.66. The molecule has 0 aromatic carbocycles. The van der Waals surface area contributed by atoms with Gasteiger partial charge in [-0.2, -0.15) is 0 Å². The molecule has 70 valence electrons. The van der Waals surface area contributed by atoms with Gasteiger partial charge in [-0.3, -0.25) is 0 Å². The van der Waals surface area contributed by atoms with E-state index in [-0.39, 0.29) is 0 Å². The Bertz CT molecular complexity index is 147. The summed E-state index contributed by atoms with van der Waals surface area (Å²) in [5.74, 6) is 1.82. The first-order valence-corrected chi connectivity index (χ1v) is 5.30. The van der Waals surface area contributed by atoms with Gasteiger partial charge in [0.2, 0.25) is 0 Å². The standard InChI is InChI=1S/C10H20N2/c1-8-5-9-3-2-4-12-10(9)7-11-6-8/h8-12H,2-7H2,1H3. The monoisotopic (exact) mass is 168 g/mol. The first kappa shape index (κ1) is 8.52. The molecule has 3 unspecified atom stereocenters. The van der Waals surface area contributed by atoms with Crippen LogP contribution in [0.4, 0.5) is 0 Å². The van der Waals surface area contributed by atoms with E-state index in [4.69, 9.17) is 0 Å². The van der Waals surface area contributed by atoms with Crippen LogP contribution < -0.4 is 10.6 Å². The molecule has 0 saturated carbocycles. The van der Waals surface area contributed by atoms with E-state index in [0.29, 0.717) is 0 Å². The van der Waals surface area contributed by atoms with Crippen molar-refractivity contribution in [2.24, 2.45) is 11.8 Å². The van der Waals surface area contributed by atoms with Crippen LogP contribution in [0.15, 0.2) is 0 Å². The van der Waals surface area contributed by atoms with Crippen LogP contribution in [0, 0.1) is 11.8 Å². The molecule has 2 fully saturated rings. The molecule has 2 heteroatoms.